The quantitative estimate of drug-likeness (QED) is 0.688. The van der Waals surface area contributed by atoms with Crippen LogP contribution in [0.15, 0.2) is 12.4 Å². The van der Waals surface area contributed by atoms with Crippen molar-refractivity contribution in [1.82, 2.24) is 15.1 Å². The molecule has 92 valence electrons. The first-order valence-electron chi connectivity index (χ1n) is 6.00. The highest BCUT2D eigenvalue weighted by atomic mass is 16.5. The molecule has 0 aliphatic rings. The topological polar surface area (TPSA) is 39.1 Å². The molecule has 4 heteroatoms. The minimum atomic E-state index is 0.424. The number of methoxy groups -OCH3 is 1. The summed E-state index contributed by atoms with van der Waals surface area (Å²) in [6, 6.07) is 0.424. The van der Waals surface area contributed by atoms with E-state index in [1.165, 1.54) is 5.56 Å². The van der Waals surface area contributed by atoms with Gasteiger partial charge in [0.2, 0.25) is 0 Å². The number of nitrogens with one attached hydrogen (secondary N) is 1. The van der Waals surface area contributed by atoms with Crippen molar-refractivity contribution < 1.29 is 4.74 Å². The summed E-state index contributed by atoms with van der Waals surface area (Å²) < 4.78 is 7.04. The number of hydrogen-bond acceptors (Lipinski definition) is 3. The fourth-order valence-electron chi connectivity index (χ4n) is 1.81. The lowest BCUT2D eigenvalue weighted by Crippen LogP contribution is -2.14. The van der Waals surface area contributed by atoms with E-state index in [4.69, 9.17) is 4.74 Å². The van der Waals surface area contributed by atoms with Crippen LogP contribution in [0.25, 0.3) is 0 Å². The van der Waals surface area contributed by atoms with Crippen LogP contribution in [-0.2, 0) is 11.3 Å². The van der Waals surface area contributed by atoms with E-state index in [1.807, 2.05) is 17.9 Å². The highest BCUT2D eigenvalue weighted by molar-refractivity contribution is 5.09. The Bertz CT molecular complexity index is 282. The molecule has 0 radical (unpaired) electrons. The van der Waals surface area contributed by atoms with Gasteiger partial charge in [-0.05, 0) is 26.3 Å². The molecule has 0 bridgehead atoms. The van der Waals surface area contributed by atoms with Gasteiger partial charge in [-0.2, -0.15) is 5.10 Å². The third-order valence-electron chi connectivity index (χ3n) is 2.80. The summed E-state index contributed by atoms with van der Waals surface area (Å²) in [4.78, 5) is 0. The van der Waals surface area contributed by atoms with Gasteiger partial charge in [-0.3, -0.25) is 4.68 Å². The van der Waals surface area contributed by atoms with Crippen LogP contribution in [0.1, 0.15) is 37.8 Å². The lowest BCUT2D eigenvalue weighted by atomic mass is 10.1. The molecule has 1 aromatic heterocycles. The van der Waals surface area contributed by atoms with Gasteiger partial charge < -0.3 is 10.1 Å². The second-order valence-electron chi connectivity index (χ2n) is 3.99. The van der Waals surface area contributed by atoms with Crippen molar-refractivity contribution in [3.05, 3.63) is 18.0 Å². The molecule has 1 N–H and O–H groups in total. The van der Waals surface area contributed by atoms with Gasteiger partial charge in [0.1, 0.15) is 0 Å². The molecular weight excluding hydrogens is 202 g/mol. The summed E-state index contributed by atoms with van der Waals surface area (Å²) >= 11 is 0. The van der Waals surface area contributed by atoms with Crippen molar-refractivity contribution >= 4 is 0 Å². The van der Waals surface area contributed by atoms with E-state index in [-0.39, 0.29) is 0 Å². The van der Waals surface area contributed by atoms with Crippen LogP contribution < -0.4 is 5.32 Å². The first-order valence-corrected chi connectivity index (χ1v) is 6.00. The van der Waals surface area contributed by atoms with Crippen molar-refractivity contribution in [2.75, 3.05) is 20.8 Å². The Balaban J connectivity index is 2.38. The number of rotatable bonds is 8. The van der Waals surface area contributed by atoms with Crippen molar-refractivity contribution in [2.24, 2.45) is 0 Å². The van der Waals surface area contributed by atoms with Gasteiger partial charge in [-0.25, -0.2) is 0 Å². The van der Waals surface area contributed by atoms with E-state index in [0.717, 1.165) is 32.4 Å². The molecular formula is C12H23N3O. The molecule has 16 heavy (non-hydrogen) atoms. The number of ether oxygens (including phenoxy) is 1. The maximum absolute atomic E-state index is 5.02. The highest BCUT2D eigenvalue weighted by Crippen LogP contribution is 2.14. The summed E-state index contributed by atoms with van der Waals surface area (Å²) in [6.07, 6.45) is 7.39. The first kappa shape index (κ1) is 13.2. The molecule has 1 aromatic rings. The normalized spacial score (nSPS) is 12.9. The molecule has 0 aromatic carbocycles. The molecule has 0 amide bonds. The smallest absolute Gasteiger partial charge is 0.0537 e. The van der Waals surface area contributed by atoms with Crippen molar-refractivity contribution in [2.45, 2.75) is 38.8 Å². The number of nitrogens with zero attached hydrogens (tertiary/aromatic N) is 2. The zero-order valence-electron chi connectivity index (χ0n) is 10.6. The molecule has 0 spiro atoms. The first-order chi connectivity index (χ1) is 7.81. The number of aromatic nitrogens is 2. The van der Waals surface area contributed by atoms with Crippen LogP contribution in [0.3, 0.4) is 0 Å². The Labute approximate surface area is 98.0 Å². The molecule has 0 aliphatic heterocycles. The van der Waals surface area contributed by atoms with E-state index >= 15 is 0 Å². The zero-order valence-corrected chi connectivity index (χ0v) is 10.6. The molecule has 0 aliphatic carbocycles. The van der Waals surface area contributed by atoms with Gasteiger partial charge >= 0.3 is 0 Å². The highest BCUT2D eigenvalue weighted by Gasteiger charge is 2.08. The van der Waals surface area contributed by atoms with E-state index < -0.39 is 0 Å². The summed E-state index contributed by atoms with van der Waals surface area (Å²) in [5.41, 5.74) is 1.27. The van der Waals surface area contributed by atoms with Gasteiger partial charge in [-0.15, -0.1) is 0 Å². The van der Waals surface area contributed by atoms with Crippen LogP contribution in [0.4, 0.5) is 0 Å². The van der Waals surface area contributed by atoms with Gasteiger partial charge in [0, 0.05) is 38.1 Å². The molecule has 0 saturated heterocycles. The van der Waals surface area contributed by atoms with Crippen molar-refractivity contribution in [3.63, 3.8) is 0 Å². The Morgan fingerprint density at radius 1 is 1.50 bits per heavy atom. The molecule has 1 rings (SSSR count). The summed E-state index contributed by atoms with van der Waals surface area (Å²) in [7, 11) is 3.73. The number of hydrogen-bond donors (Lipinski definition) is 1. The molecule has 1 atom stereocenters. The average Bonchev–Trinajstić information content (AvgIpc) is 2.75. The number of unbranched alkanes of at least 4 members (excludes halogenated alkanes) is 1. The molecule has 0 saturated carbocycles. The van der Waals surface area contributed by atoms with E-state index in [1.54, 1.807) is 7.11 Å². The Morgan fingerprint density at radius 2 is 2.31 bits per heavy atom. The van der Waals surface area contributed by atoms with Crippen molar-refractivity contribution in [1.29, 1.82) is 0 Å². The van der Waals surface area contributed by atoms with E-state index in [0.29, 0.717) is 6.04 Å². The minimum absolute atomic E-state index is 0.424. The van der Waals surface area contributed by atoms with Gasteiger partial charge in [0.15, 0.2) is 0 Å². The lowest BCUT2D eigenvalue weighted by Gasteiger charge is -2.10. The molecule has 4 nitrogen and oxygen atoms in total. The Kier molecular flexibility index (Phi) is 6.11. The van der Waals surface area contributed by atoms with E-state index in [9.17, 15) is 0 Å². The van der Waals surface area contributed by atoms with E-state index in [2.05, 4.69) is 23.5 Å². The third kappa shape index (κ3) is 3.94. The van der Waals surface area contributed by atoms with Gasteiger partial charge in [0.25, 0.3) is 0 Å². The molecule has 0 fully saturated rings. The maximum Gasteiger partial charge on any atom is 0.0537 e. The standard InChI is InChI=1S/C12H23N3O/c1-4-12(13-2)11-9-14-15(10-11)7-5-6-8-16-3/h9-10,12-13H,4-8H2,1-3H3. The minimum Gasteiger partial charge on any atom is -0.385 e. The number of aryl methyl sites for hydroxylation is 1. The monoisotopic (exact) mass is 225 g/mol. The average molecular weight is 225 g/mol. The maximum atomic E-state index is 5.02. The summed E-state index contributed by atoms with van der Waals surface area (Å²) in [6.45, 7) is 3.99. The van der Waals surface area contributed by atoms with Crippen LogP contribution in [0, 0.1) is 0 Å². The fraction of sp³-hybridized carbons (Fsp3) is 0.750. The van der Waals surface area contributed by atoms with Gasteiger partial charge in [0.05, 0.1) is 6.20 Å². The zero-order chi connectivity index (χ0) is 11.8. The van der Waals surface area contributed by atoms with Crippen LogP contribution in [-0.4, -0.2) is 30.5 Å². The second kappa shape index (κ2) is 7.41. The van der Waals surface area contributed by atoms with Crippen LogP contribution >= 0.6 is 0 Å². The van der Waals surface area contributed by atoms with Gasteiger partial charge in [-0.1, -0.05) is 6.92 Å². The van der Waals surface area contributed by atoms with Crippen LogP contribution in [0.2, 0.25) is 0 Å². The van der Waals surface area contributed by atoms with Crippen LogP contribution in [0.5, 0.6) is 0 Å². The lowest BCUT2D eigenvalue weighted by molar-refractivity contribution is 0.191. The fourth-order valence-corrected chi connectivity index (χ4v) is 1.81. The predicted octanol–water partition coefficient (Wildman–Crippen LogP) is 1.98. The summed E-state index contributed by atoms with van der Waals surface area (Å²) in [5, 5.41) is 7.65. The summed E-state index contributed by atoms with van der Waals surface area (Å²) in [5.74, 6) is 0. The SMILES string of the molecule is CCC(NC)c1cnn(CCCCOC)c1. The largest absolute Gasteiger partial charge is 0.385 e. The van der Waals surface area contributed by atoms with Crippen molar-refractivity contribution in [3.8, 4) is 0 Å². The third-order valence-corrected chi connectivity index (χ3v) is 2.80. The Morgan fingerprint density at radius 3 is 2.94 bits per heavy atom. The Hall–Kier alpha value is -0.870. The predicted molar refractivity (Wildman–Crippen MR) is 65.4 cm³/mol. The second-order valence-corrected chi connectivity index (χ2v) is 3.99. The molecule has 1 heterocycles. The molecule has 1 unspecified atom stereocenters.